The molecule has 5 nitrogen and oxygen atoms in total. The summed E-state index contributed by atoms with van der Waals surface area (Å²) >= 11 is 0. The molecular weight excluding hydrogens is 320 g/mol. The molecule has 2 fully saturated rings. The maximum absolute atomic E-state index is 11.8. The van der Waals surface area contributed by atoms with Crippen LogP contribution in [0.5, 0.6) is 0 Å². The first-order valence-electron chi connectivity index (χ1n) is 8.84. The van der Waals surface area contributed by atoms with Gasteiger partial charge in [0, 0.05) is 22.5 Å². The van der Waals surface area contributed by atoms with Crippen molar-refractivity contribution in [3.05, 3.63) is 48.0 Å². The molecule has 4 rings (SSSR count). The van der Waals surface area contributed by atoms with Crippen LogP contribution in [-0.2, 0) is 9.53 Å². The second kappa shape index (κ2) is 5.58. The topological polar surface area (TPSA) is 79.9 Å². The molecular formula is C20H24O5. The lowest BCUT2D eigenvalue weighted by molar-refractivity contribution is -0.261. The van der Waals surface area contributed by atoms with Gasteiger partial charge in [-0.3, -0.25) is 0 Å². The number of hydrogen-bond acceptors (Lipinski definition) is 4. The molecule has 3 aliphatic rings. The van der Waals surface area contributed by atoms with Crippen molar-refractivity contribution in [3.8, 4) is 0 Å². The van der Waals surface area contributed by atoms with Gasteiger partial charge in [-0.1, -0.05) is 32.1 Å². The van der Waals surface area contributed by atoms with Crippen LogP contribution in [0, 0.1) is 22.7 Å². The average Bonchev–Trinajstić information content (AvgIpc) is 3.07. The molecule has 0 spiro atoms. The Bertz CT molecular complexity index is 733. The number of aliphatic hydroxyl groups excluding tert-OH is 1. The largest absolute Gasteiger partial charge is 0.478 e. The average molecular weight is 344 g/mol. The Hall–Kier alpha value is -1.85. The first-order valence-corrected chi connectivity index (χ1v) is 8.84. The van der Waals surface area contributed by atoms with E-state index >= 15 is 0 Å². The standard InChI is InChI=1S/C20H24O5/c1-19-8-6-14-18(23)25-15(12-7-9-24-11-12)10-20(14,2)16(19)5-3-4-13(19)17(21)22/h3-5,7,9,11,14-16,18,23H,6,8,10H2,1-2H3,(H,21,22). The zero-order valence-electron chi connectivity index (χ0n) is 14.5. The van der Waals surface area contributed by atoms with E-state index in [0.29, 0.717) is 5.57 Å². The molecule has 134 valence electrons. The number of carbonyl (C=O) groups is 1. The van der Waals surface area contributed by atoms with Crippen LogP contribution in [0.15, 0.2) is 46.8 Å². The molecule has 1 saturated carbocycles. The quantitative estimate of drug-likeness (QED) is 0.855. The number of allylic oxidation sites excluding steroid dienone is 3. The number of carboxylic acids is 1. The highest BCUT2D eigenvalue weighted by Gasteiger charge is 2.60. The van der Waals surface area contributed by atoms with Gasteiger partial charge in [0.1, 0.15) is 0 Å². The van der Waals surface area contributed by atoms with Gasteiger partial charge in [0.2, 0.25) is 0 Å². The Morgan fingerprint density at radius 3 is 2.84 bits per heavy atom. The van der Waals surface area contributed by atoms with Gasteiger partial charge < -0.3 is 19.4 Å². The molecule has 2 aliphatic carbocycles. The van der Waals surface area contributed by atoms with E-state index in [1.807, 2.05) is 12.1 Å². The lowest BCUT2D eigenvalue weighted by Gasteiger charge is -2.60. The van der Waals surface area contributed by atoms with E-state index < -0.39 is 17.7 Å². The van der Waals surface area contributed by atoms with Crippen LogP contribution in [0.3, 0.4) is 0 Å². The van der Waals surface area contributed by atoms with E-state index in [4.69, 9.17) is 9.15 Å². The third-order valence-electron chi connectivity index (χ3n) is 6.82. The summed E-state index contributed by atoms with van der Waals surface area (Å²) in [5.74, 6) is -0.813. The van der Waals surface area contributed by atoms with Crippen molar-refractivity contribution in [1.82, 2.24) is 0 Å². The van der Waals surface area contributed by atoms with Gasteiger partial charge in [0.05, 0.1) is 18.6 Å². The normalized spacial score (nSPS) is 43.1. The molecule has 1 saturated heterocycles. The first-order chi connectivity index (χ1) is 11.9. The second-order valence-corrected chi connectivity index (χ2v) is 8.09. The fourth-order valence-corrected chi connectivity index (χ4v) is 5.51. The monoisotopic (exact) mass is 344 g/mol. The number of fused-ring (bicyclic) bond motifs is 3. The summed E-state index contributed by atoms with van der Waals surface area (Å²) < 4.78 is 11.1. The van der Waals surface area contributed by atoms with E-state index in [2.05, 4.69) is 19.9 Å². The van der Waals surface area contributed by atoms with Crippen LogP contribution < -0.4 is 0 Å². The number of aliphatic hydroxyl groups is 1. The van der Waals surface area contributed by atoms with Crippen molar-refractivity contribution in [2.24, 2.45) is 22.7 Å². The summed E-state index contributed by atoms with van der Waals surface area (Å²) in [5, 5.41) is 20.4. The van der Waals surface area contributed by atoms with E-state index in [1.54, 1.807) is 18.6 Å². The molecule has 25 heavy (non-hydrogen) atoms. The minimum absolute atomic E-state index is 0.00785. The van der Waals surface area contributed by atoms with E-state index in [9.17, 15) is 15.0 Å². The van der Waals surface area contributed by atoms with Crippen molar-refractivity contribution in [3.63, 3.8) is 0 Å². The van der Waals surface area contributed by atoms with Crippen LogP contribution in [0.25, 0.3) is 0 Å². The number of ether oxygens (including phenoxy) is 1. The van der Waals surface area contributed by atoms with Gasteiger partial charge in [-0.15, -0.1) is 0 Å². The predicted molar refractivity (Wildman–Crippen MR) is 90.4 cm³/mol. The number of hydrogen-bond donors (Lipinski definition) is 2. The third-order valence-corrected chi connectivity index (χ3v) is 6.82. The smallest absolute Gasteiger partial charge is 0.332 e. The van der Waals surface area contributed by atoms with E-state index in [1.165, 1.54) is 0 Å². The van der Waals surface area contributed by atoms with Crippen LogP contribution in [0.4, 0.5) is 0 Å². The second-order valence-electron chi connectivity index (χ2n) is 8.09. The predicted octanol–water partition coefficient (Wildman–Crippen LogP) is 3.68. The molecule has 0 aromatic carbocycles. The minimum Gasteiger partial charge on any atom is -0.478 e. The van der Waals surface area contributed by atoms with Crippen molar-refractivity contribution in [2.75, 3.05) is 0 Å². The molecule has 2 N–H and O–H groups in total. The molecule has 0 radical (unpaired) electrons. The number of furan rings is 1. The van der Waals surface area contributed by atoms with Gasteiger partial charge >= 0.3 is 5.97 Å². The Kier molecular flexibility index (Phi) is 3.71. The summed E-state index contributed by atoms with van der Waals surface area (Å²) in [4.78, 5) is 11.8. The summed E-state index contributed by atoms with van der Waals surface area (Å²) in [6.45, 7) is 4.23. The molecule has 5 heteroatoms. The molecule has 1 aliphatic heterocycles. The Morgan fingerprint density at radius 1 is 1.36 bits per heavy atom. The Morgan fingerprint density at radius 2 is 2.16 bits per heavy atom. The highest BCUT2D eigenvalue weighted by atomic mass is 16.6. The highest BCUT2D eigenvalue weighted by molar-refractivity contribution is 5.89. The molecule has 1 aromatic heterocycles. The van der Waals surface area contributed by atoms with Crippen LogP contribution in [0.2, 0.25) is 0 Å². The van der Waals surface area contributed by atoms with Crippen molar-refractivity contribution >= 4 is 5.97 Å². The zero-order valence-corrected chi connectivity index (χ0v) is 14.5. The first kappa shape index (κ1) is 16.6. The molecule has 6 unspecified atom stereocenters. The fourth-order valence-electron chi connectivity index (χ4n) is 5.51. The van der Waals surface area contributed by atoms with Crippen molar-refractivity contribution in [2.45, 2.75) is 45.5 Å². The molecule has 6 atom stereocenters. The molecule has 1 aromatic rings. The third kappa shape index (κ3) is 2.33. The van der Waals surface area contributed by atoms with Gasteiger partial charge in [-0.05, 0) is 36.7 Å². The van der Waals surface area contributed by atoms with Crippen molar-refractivity contribution in [1.29, 1.82) is 0 Å². The van der Waals surface area contributed by atoms with E-state index in [0.717, 1.165) is 24.8 Å². The lowest BCUT2D eigenvalue weighted by Crippen LogP contribution is -2.56. The van der Waals surface area contributed by atoms with Crippen molar-refractivity contribution < 1.29 is 24.2 Å². The highest BCUT2D eigenvalue weighted by Crippen LogP contribution is 2.64. The molecule has 2 heterocycles. The number of aliphatic carboxylic acids is 1. The Labute approximate surface area is 147 Å². The SMILES string of the molecule is CC12CCC3C(O)OC(c4ccoc4)CC3(C)C1C=CC=C2C(=O)O. The summed E-state index contributed by atoms with van der Waals surface area (Å²) in [7, 11) is 0. The molecule has 0 amide bonds. The number of rotatable bonds is 2. The fraction of sp³-hybridized carbons (Fsp3) is 0.550. The van der Waals surface area contributed by atoms with Gasteiger partial charge in [-0.2, -0.15) is 0 Å². The summed E-state index contributed by atoms with van der Waals surface area (Å²) in [6, 6.07) is 1.86. The maximum Gasteiger partial charge on any atom is 0.332 e. The minimum atomic E-state index is -0.851. The van der Waals surface area contributed by atoms with E-state index in [-0.39, 0.29) is 23.4 Å². The summed E-state index contributed by atoms with van der Waals surface area (Å²) in [5.41, 5.74) is 0.711. The van der Waals surface area contributed by atoms with Crippen LogP contribution >= 0.6 is 0 Å². The van der Waals surface area contributed by atoms with Crippen LogP contribution in [0.1, 0.15) is 44.8 Å². The summed E-state index contributed by atoms with van der Waals surface area (Å²) in [6.07, 6.45) is 10.1. The number of carboxylic acid groups (broad SMARTS) is 1. The zero-order chi connectivity index (χ0) is 17.8. The lowest BCUT2D eigenvalue weighted by atomic mass is 9.47. The van der Waals surface area contributed by atoms with Gasteiger partial charge in [0.25, 0.3) is 0 Å². The maximum atomic E-state index is 11.8. The molecule has 0 bridgehead atoms. The van der Waals surface area contributed by atoms with Gasteiger partial charge in [-0.25, -0.2) is 4.79 Å². The van der Waals surface area contributed by atoms with Gasteiger partial charge in [0.15, 0.2) is 6.29 Å². The Balaban J connectivity index is 1.74. The van der Waals surface area contributed by atoms with Crippen LogP contribution in [-0.4, -0.2) is 22.5 Å².